The second kappa shape index (κ2) is 18.1. The molecule has 0 amide bonds. The molecule has 0 fully saturated rings. The van der Waals surface area contributed by atoms with Gasteiger partial charge in [-0.3, -0.25) is 9.13 Å². The lowest BCUT2D eigenvalue weighted by molar-refractivity contribution is 0.242. The maximum atomic E-state index is 11.6. The lowest BCUT2D eigenvalue weighted by Crippen LogP contribution is -2.11. The molecule has 4 N–H and O–H groups in total. The summed E-state index contributed by atoms with van der Waals surface area (Å²) in [5, 5.41) is 16.2. The topological polar surface area (TPSA) is 115 Å². The van der Waals surface area contributed by atoms with Gasteiger partial charge in [-0.15, -0.1) is 0 Å². The summed E-state index contributed by atoms with van der Waals surface area (Å²) in [5.74, 6) is 0. The highest BCUT2D eigenvalue weighted by molar-refractivity contribution is 7.59. The maximum Gasteiger partial charge on any atom is 0.206 e. The second-order valence-corrected chi connectivity index (χ2v) is 13.7. The Labute approximate surface area is 174 Å². The zero-order valence-electron chi connectivity index (χ0n) is 19.5. The minimum Gasteiger partial charge on any atom is -0.396 e. The van der Waals surface area contributed by atoms with Crippen molar-refractivity contribution in [2.75, 3.05) is 13.2 Å². The van der Waals surface area contributed by atoms with E-state index in [4.69, 9.17) is 10.2 Å². The zero-order chi connectivity index (χ0) is 23.0. The summed E-state index contributed by atoms with van der Waals surface area (Å²) in [5.41, 5.74) is -0.176. The normalized spacial score (nSPS) is 19.4. The van der Waals surface area contributed by atoms with Crippen molar-refractivity contribution in [2.24, 2.45) is 0 Å². The molecular formula is C20H48O6P2. The molecule has 0 aromatic carbocycles. The molecule has 6 nitrogen and oxygen atoms in total. The predicted molar refractivity (Wildman–Crippen MR) is 122 cm³/mol. The van der Waals surface area contributed by atoms with Crippen molar-refractivity contribution in [3.05, 3.63) is 0 Å². The van der Waals surface area contributed by atoms with E-state index < -0.39 is 14.7 Å². The summed E-state index contributed by atoms with van der Waals surface area (Å²) in [6.07, 6.45) is 4.60. The first-order chi connectivity index (χ1) is 12.8. The molecule has 0 heterocycles. The van der Waals surface area contributed by atoms with E-state index in [0.29, 0.717) is 0 Å². The zero-order valence-corrected chi connectivity index (χ0v) is 21.3. The molecular weight excluding hydrogens is 398 g/mol. The van der Waals surface area contributed by atoms with Crippen LogP contribution in [0.2, 0.25) is 0 Å². The van der Waals surface area contributed by atoms with Gasteiger partial charge in [-0.1, -0.05) is 55.4 Å². The molecule has 0 aromatic rings. The first-order valence-electron chi connectivity index (χ1n) is 10.7. The van der Waals surface area contributed by atoms with Gasteiger partial charge in [0.15, 0.2) is 0 Å². The minimum atomic E-state index is -2.87. The van der Waals surface area contributed by atoms with Crippen LogP contribution in [0.15, 0.2) is 0 Å². The van der Waals surface area contributed by atoms with Gasteiger partial charge in [0.05, 0.1) is 0 Å². The van der Waals surface area contributed by atoms with Crippen LogP contribution < -0.4 is 0 Å². The molecule has 0 rings (SSSR count). The molecule has 4 atom stereocenters. The van der Waals surface area contributed by atoms with Crippen LogP contribution in [0, 0.1) is 0 Å². The van der Waals surface area contributed by atoms with Crippen LogP contribution in [0.3, 0.4) is 0 Å². The number of aliphatic hydroxyl groups excluding tert-OH is 2. The molecule has 0 aromatic heterocycles. The number of hydrogen-bond donors (Lipinski definition) is 4. The van der Waals surface area contributed by atoms with Crippen molar-refractivity contribution < 1.29 is 29.1 Å². The van der Waals surface area contributed by atoms with Gasteiger partial charge < -0.3 is 20.0 Å². The lowest BCUT2D eigenvalue weighted by atomic mass is 10.3. The van der Waals surface area contributed by atoms with E-state index in [1.807, 2.05) is 55.4 Å². The summed E-state index contributed by atoms with van der Waals surface area (Å²) in [6.45, 7) is 15.6. The monoisotopic (exact) mass is 446 g/mol. The molecule has 28 heavy (non-hydrogen) atoms. The van der Waals surface area contributed by atoms with Crippen LogP contribution in [-0.2, 0) is 9.13 Å². The minimum absolute atomic E-state index is 0.0440. The molecule has 0 aliphatic rings. The van der Waals surface area contributed by atoms with E-state index >= 15 is 0 Å². The van der Waals surface area contributed by atoms with Gasteiger partial charge in [0.2, 0.25) is 14.7 Å². The fourth-order valence-electron chi connectivity index (χ4n) is 2.14. The van der Waals surface area contributed by atoms with Crippen LogP contribution in [-0.4, -0.2) is 55.8 Å². The Morgan fingerprint density at radius 1 is 0.571 bits per heavy atom. The van der Waals surface area contributed by atoms with Gasteiger partial charge in [0.25, 0.3) is 0 Å². The van der Waals surface area contributed by atoms with Crippen molar-refractivity contribution in [3.8, 4) is 0 Å². The summed E-state index contributed by atoms with van der Waals surface area (Å²) >= 11 is 0. The fourth-order valence-corrected chi connectivity index (χ4v) is 5.97. The third-order valence-corrected chi connectivity index (χ3v) is 12.0. The maximum absolute atomic E-state index is 11.6. The molecule has 0 saturated heterocycles. The van der Waals surface area contributed by atoms with Crippen molar-refractivity contribution in [1.29, 1.82) is 0 Å². The number of unbranched alkanes of at least 4 members (excludes halogenated alkanes) is 1. The van der Waals surface area contributed by atoms with Crippen LogP contribution in [0.25, 0.3) is 0 Å². The van der Waals surface area contributed by atoms with E-state index in [1.54, 1.807) is 0 Å². The Balaban J connectivity index is -0.000000351. The van der Waals surface area contributed by atoms with Gasteiger partial charge in [-0.05, 0) is 38.5 Å². The van der Waals surface area contributed by atoms with Gasteiger partial charge in [0.1, 0.15) is 0 Å². The van der Waals surface area contributed by atoms with Crippen molar-refractivity contribution in [1.82, 2.24) is 0 Å². The van der Waals surface area contributed by atoms with Crippen LogP contribution in [0.5, 0.6) is 0 Å². The molecule has 4 unspecified atom stereocenters. The molecule has 0 bridgehead atoms. The Morgan fingerprint density at radius 3 is 0.857 bits per heavy atom. The van der Waals surface area contributed by atoms with Crippen molar-refractivity contribution in [2.45, 2.75) is 117 Å². The fraction of sp³-hybridized carbons (Fsp3) is 1.00. The summed E-state index contributed by atoms with van der Waals surface area (Å²) in [7, 11) is -5.75. The van der Waals surface area contributed by atoms with Crippen LogP contribution in [0.4, 0.5) is 0 Å². The average Bonchev–Trinajstić information content (AvgIpc) is 2.69. The predicted octanol–water partition coefficient (Wildman–Crippen LogP) is 5.46. The summed E-state index contributed by atoms with van der Waals surface area (Å²) in [6, 6.07) is 0. The first kappa shape index (κ1) is 33.0. The number of hydrogen-bond acceptors (Lipinski definition) is 4. The Morgan fingerprint density at radius 2 is 0.750 bits per heavy atom. The third kappa shape index (κ3) is 13.5. The standard InChI is InChI=1S/2C8H19O2P.C4H10O2/c2*1-5-7(3)11(9,10)8(4)6-2;5-3-1-2-4-6/h2*7-8H,5-6H2,1-4H3,(H,9,10);5-6H,1-4H2. The van der Waals surface area contributed by atoms with Gasteiger partial charge in [-0.2, -0.15) is 0 Å². The average molecular weight is 447 g/mol. The second-order valence-electron chi connectivity index (χ2n) is 7.53. The highest BCUT2D eigenvalue weighted by Gasteiger charge is 2.31. The smallest absolute Gasteiger partial charge is 0.206 e. The Kier molecular flexibility index (Phi) is 21.3. The highest BCUT2D eigenvalue weighted by atomic mass is 31.2. The van der Waals surface area contributed by atoms with Crippen molar-refractivity contribution in [3.63, 3.8) is 0 Å². The van der Waals surface area contributed by atoms with E-state index in [-0.39, 0.29) is 35.8 Å². The van der Waals surface area contributed by atoms with Gasteiger partial charge in [0, 0.05) is 35.8 Å². The van der Waals surface area contributed by atoms with Crippen molar-refractivity contribution >= 4 is 14.7 Å². The molecule has 0 aliphatic carbocycles. The molecule has 0 spiro atoms. The van der Waals surface area contributed by atoms with Crippen LogP contribution in [0.1, 0.15) is 93.9 Å². The molecule has 174 valence electrons. The lowest BCUT2D eigenvalue weighted by Gasteiger charge is -2.23. The van der Waals surface area contributed by atoms with E-state index in [0.717, 1.165) is 38.5 Å². The summed E-state index contributed by atoms with van der Waals surface area (Å²) < 4.78 is 23.3. The Bertz CT molecular complexity index is 376. The third-order valence-electron chi connectivity index (χ3n) is 5.46. The SMILES string of the molecule is CCC(C)P(=O)(O)C(C)CC.CCC(C)P(=O)(O)C(C)CC.OCCCCO. The quantitative estimate of drug-likeness (QED) is 0.247. The van der Waals surface area contributed by atoms with Crippen LogP contribution >= 0.6 is 14.7 Å². The highest BCUT2D eigenvalue weighted by Crippen LogP contribution is 2.53. The summed E-state index contributed by atoms with van der Waals surface area (Å²) in [4.78, 5) is 19.2. The number of rotatable bonds is 11. The number of aliphatic hydroxyl groups is 2. The van der Waals surface area contributed by atoms with Gasteiger partial charge >= 0.3 is 0 Å². The first-order valence-corrected chi connectivity index (χ1v) is 14.3. The molecule has 0 aliphatic heterocycles. The molecule has 0 saturated carbocycles. The Hall–Kier alpha value is 0.300. The van der Waals surface area contributed by atoms with E-state index in [1.165, 1.54) is 0 Å². The van der Waals surface area contributed by atoms with Gasteiger partial charge in [-0.25, -0.2) is 0 Å². The molecule has 0 radical (unpaired) electrons. The largest absolute Gasteiger partial charge is 0.396 e. The van der Waals surface area contributed by atoms with E-state index in [2.05, 4.69) is 0 Å². The molecule has 8 heteroatoms. The van der Waals surface area contributed by atoms with E-state index in [9.17, 15) is 18.9 Å².